The maximum atomic E-state index is 5.33. The Morgan fingerprint density at radius 2 is 2.22 bits per heavy atom. The number of rotatable bonds is 4. The van der Waals surface area contributed by atoms with E-state index in [0.29, 0.717) is 5.92 Å². The van der Waals surface area contributed by atoms with E-state index in [1.165, 1.54) is 12.8 Å². The van der Waals surface area contributed by atoms with Crippen LogP contribution >= 0.6 is 0 Å². The first-order chi connectivity index (χ1) is 8.78. The van der Waals surface area contributed by atoms with E-state index in [9.17, 15) is 0 Å². The zero-order valence-corrected chi connectivity index (χ0v) is 10.7. The summed E-state index contributed by atoms with van der Waals surface area (Å²) in [4.78, 5) is 9.22. The van der Waals surface area contributed by atoms with Crippen molar-refractivity contribution in [2.75, 3.05) is 11.9 Å². The average Bonchev–Trinajstić information content (AvgIpc) is 3.12. The van der Waals surface area contributed by atoms with Crippen LogP contribution in [-0.2, 0) is 0 Å². The lowest BCUT2D eigenvalue weighted by atomic mass is 10.2. The van der Waals surface area contributed by atoms with Gasteiger partial charge < -0.3 is 9.73 Å². The molecule has 18 heavy (non-hydrogen) atoms. The van der Waals surface area contributed by atoms with Gasteiger partial charge in [0.1, 0.15) is 11.6 Å². The van der Waals surface area contributed by atoms with Crippen molar-refractivity contribution in [3.63, 3.8) is 0 Å². The standard InChI is InChI=1S/C14H17N3O/c1-3-15-13-8-12(10-4-5-10)16-14(17-13)11-6-7-18-9(11)2/h6-8,10H,3-5H2,1-2H3,(H,15,16,17). The number of hydrogen-bond donors (Lipinski definition) is 1. The number of nitrogens with one attached hydrogen (secondary N) is 1. The molecule has 0 bridgehead atoms. The van der Waals surface area contributed by atoms with Crippen molar-refractivity contribution >= 4 is 5.82 Å². The molecular formula is C14H17N3O. The highest BCUT2D eigenvalue weighted by atomic mass is 16.3. The summed E-state index contributed by atoms with van der Waals surface area (Å²) in [5.41, 5.74) is 2.13. The third-order valence-corrected chi connectivity index (χ3v) is 3.20. The minimum Gasteiger partial charge on any atom is -0.469 e. The molecular weight excluding hydrogens is 226 g/mol. The van der Waals surface area contributed by atoms with Crippen molar-refractivity contribution in [2.24, 2.45) is 0 Å². The van der Waals surface area contributed by atoms with Crippen LogP contribution in [0.5, 0.6) is 0 Å². The van der Waals surface area contributed by atoms with E-state index in [1.807, 2.05) is 13.0 Å². The molecule has 1 aliphatic carbocycles. The highest BCUT2D eigenvalue weighted by molar-refractivity contribution is 5.59. The first kappa shape index (κ1) is 11.3. The Bertz CT molecular complexity index is 558. The molecule has 1 fully saturated rings. The van der Waals surface area contributed by atoms with Crippen LogP contribution in [0.2, 0.25) is 0 Å². The molecule has 1 saturated carbocycles. The van der Waals surface area contributed by atoms with E-state index in [1.54, 1.807) is 6.26 Å². The van der Waals surface area contributed by atoms with Crippen LogP contribution in [0.25, 0.3) is 11.4 Å². The molecule has 2 aromatic heterocycles. The number of nitrogens with zero attached hydrogens (tertiary/aromatic N) is 2. The average molecular weight is 243 g/mol. The molecule has 0 atom stereocenters. The van der Waals surface area contributed by atoms with Gasteiger partial charge in [0, 0.05) is 24.2 Å². The van der Waals surface area contributed by atoms with Gasteiger partial charge in [-0.2, -0.15) is 0 Å². The normalized spacial score (nSPS) is 14.8. The first-order valence-electron chi connectivity index (χ1n) is 6.45. The first-order valence-corrected chi connectivity index (χ1v) is 6.45. The molecule has 0 saturated heterocycles. The van der Waals surface area contributed by atoms with Crippen LogP contribution in [0.15, 0.2) is 22.8 Å². The van der Waals surface area contributed by atoms with E-state index >= 15 is 0 Å². The molecule has 0 aromatic carbocycles. The van der Waals surface area contributed by atoms with Crippen LogP contribution < -0.4 is 5.32 Å². The smallest absolute Gasteiger partial charge is 0.165 e. The van der Waals surface area contributed by atoms with Crippen molar-refractivity contribution in [1.82, 2.24) is 9.97 Å². The minimum atomic E-state index is 0.622. The van der Waals surface area contributed by atoms with Crippen LogP contribution in [0, 0.1) is 6.92 Å². The van der Waals surface area contributed by atoms with Crippen molar-refractivity contribution in [1.29, 1.82) is 0 Å². The molecule has 1 aliphatic rings. The number of anilines is 1. The highest BCUT2D eigenvalue weighted by Gasteiger charge is 2.26. The second-order valence-corrected chi connectivity index (χ2v) is 4.70. The number of hydrogen-bond acceptors (Lipinski definition) is 4. The molecule has 4 heteroatoms. The third-order valence-electron chi connectivity index (χ3n) is 3.20. The van der Waals surface area contributed by atoms with Gasteiger partial charge in [0.2, 0.25) is 0 Å². The fourth-order valence-electron chi connectivity index (χ4n) is 2.06. The van der Waals surface area contributed by atoms with Gasteiger partial charge in [0.25, 0.3) is 0 Å². The molecule has 0 amide bonds. The highest BCUT2D eigenvalue weighted by Crippen LogP contribution is 2.40. The molecule has 94 valence electrons. The fraction of sp³-hybridized carbons (Fsp3) is 0.429. The molecule has 3 rings (SSSR count). The predicted molar refractivity (Wildman–Crippen MR) is 70.6 cm³/mol. The van der Waals surface area contributed by atoms with Crippen LogP contribution in [-0.4, -0.2) is 16.5 Å². The molecule has 2 aromatic rings. The zero-order chi connectivity index (χ0) is 12.5. The summed E-state index contributed by atoms with van der Waals surface area (Å²) >= 11 is 0. The molecule has 0 aliphatic heterocycles. The van der Waals surface area contributed by atoms with Crippen molar-refractivity contribution < 1.29 is 4.42 Å². The van der Waals surface area contributed by atoms with Gasteiger partial charge in [-0.15, -0.1) is 0 Å². The van der Waals surface area contributed by atoms with E-state index in [-0.39, 0.29) is 0 Å². The summed E-state index contributed by atoms with van der Waals surface area (Å²) in [5, 5.41) is 3.27. The second kappa shape index (κ2) is 4.44. The molecule has 1 N–H and O–H groups in total. The number of aryl methyl sites for hydroxylation is 1. The third kappa shape index (κ3) is 2.10. The Morgan fingerprint density at radius 3 is 2.83 bits per heavy atom. The second-order valence-electron chi connectivity index (χ2n) is 4.70. The van der Waals surface area contributed by atoms with E-state index in [2.05, 4.69) is 28.3 Å². The fourth-order valence-corrected chi connectivity index (χ4v) is 2.06. The SMILES string of the molecule is CCNc1cc(C2CC2)nc(-c2ccoc2C)n1. The molecule has 2 heterocycles. The Hall–Kier alpha value is -1.84. The summed E-state index contributed by atoms with van der Waals surface area (Å²) in [6.45, 7) is 4.88. The van der Waals surface area contributed by atoms with Crippen molar-refractivity contribution in [2.45, 2.75) is 32.6 Å². The maximum Gasteiger partial charge on any atom is 0.165 e. The van der Waals surface area contributed by atoms with E-state index in [0.717, 1.165) is 35.2 Å². The van der Waals surface area contributed by atoms with Gasteiger partial charge in [0.15, 0.2) is 5.82 Å². The van der Waals surface area contributed by atoms with Gasteiger partial charge in [-0.3, -0.25) is 0 Å². The quantitative estimate of drug-likeness (QED) is 0.894. The summed E-state index contributed by atoms with van der Waals surface area (Å²) in [6.07, 6.45) is 4.17. The van der Waals surface area contributed by atoms with Gasteiger partial charge in [-0.1, -0.05) is 0 Å². The minimum absolute atomic E-state index is 0.622. The van der Waals surface area contributed by atoms with Crippen molar-refractivity contribution in [3.05, 3.63) is 29.9 Å². The predicted octanol–water partition coefficient (Wildman–Crippen LogP) is 3.35. The lowest BCUT2D eigenvalue weighted by Gasteiger charge is -2.07. The monoisotopic (exact) mass is 243 g/mol. The lowest BCUT2D eigenvalue weighted by molar-refractivity contribution is 0.535. The lowest BCUT2D eigenvalue weighted by Crippen LogP contribution is -2.03. The summed E-state index contributed by atoms with van der Waals surface area (Å²) in [6, 6.07) is 4.00. The number of aromatic nitrogens is 2. The van der Waals surface area contributed by atoms with E-state index in [4.69, 9.17) is 4.42 Å². The summed E-state index contributed by atoms with van der Waals surface area (Å²) in [7, 11) is 0. The Morgan fingerprint density at radius 1 is 1.39 bits per heavy atom. The Kier molecular flexibility index (Phi) is 2.78. The summed E-state index contributed by atoms with van der Waals surface area (Å²) in [5.74, 6) is 3.16. The van der Waals surface area contributed by atoms with Gasteiger partial charge in [-0.25, -0.2) is 9.97 Å². The topological polar surface area (TPSA) is 51.0 Å². The van der Waals surface area contributed by atoms with Crippen LogP contribution in [0.3, 0.4) is 0 Å². The molecule has 0 radical (unpaired) electrons. The van der Waals surface area contributed by atoms with Crippen molar-refractivity contribution in [3.8, 4) is 11.4 Å². The summed E-state index contributed by atoms with van der Waals surface area (Å²) < 4.78 is 5.33. The molecule has 0 spiro atoms. The Labute approximate surface area is 106 Å². The van der Waals surface area contributed by atoms with Crippen LogP contribution in [0.4, 0.5) is 5.82 Å². The zero-order valence-electron chi connectivity index (χ0n) is 10.7. The Balaban J connectivity index is 2.04. The molecule has 4 nitrogen and oxygen atoms in total. The largest absolute Gasteiger partial charge is 0.469 e. The number of furan rings is 1. The van der Waals surface area contributed by atoms with Gasteiger partial charge in [0.05, 0.1) is 11.8 Å². The van der Waals surface area contributed by atoms with Gasteiger partial charge >= 0.3 is 0 Å². The van der Waals surface area contributed by atoms with Crippen LogP contribution in [0.1, 0.15) is 37.1 Å². The van der Waals surface area contributed by atoms with E-state index < -0.39 is 0 Å². The van der Waals surface area contributed by atoms with Gasteiger partial charge in [-0.05, 0) is 32.8 Å². The maximum absolute atomic E-state index is 5.33. The molecule has 0 unspecified atom stereocenters.